The zero-order valence-electron chi connectivity index (χ0n) is 22.3. The third-order valence-electron chi connectivity index (χ3n) is 7.64. The molecule has 2 aromatic heterocycles. The van der Waals surface area contributed by atoms with E-state index in [0.717, 1.165) is 58.0 Å². The van der Waals surface area contributed by atoms with E-state index in [2.05, 4.69) is 35.4 Å². The highest BCUT2D eigenvalue weighted by atomic mass is 16.2. The molecule has 196 valence electrons. The Morgan fingerprint density at radius 1 is 0.975 bits per heavy atom. The molecule has 3 heterocycles. The van der Waals surface area contributed by atoms with Gasteiger partial charge < -0.3 is 5.32 Å². The summed E-state index contributed by atoms with van der Waals surface area (Å²) < 4.78 is 0. The van der Waals surface area contributed by atoms with E-state index in [1.54, 1.807) is 24.5 Å². The van der Waals surface area contributed by atoms with Gasteiger partial charge in [0.05, 0.1) is 17.7 Å². The maximum atomic E-state index is 14.4. The topological polar surface area (TPSA) is 81.9 Å². The number of fused-ring (bicyclic) bond motifs is 1. The van der Waals surface area contributed by atoms with Crippen molar-refractivity contribution in [2.24, 2.45) is 0 Å². The highest BCUT2D eigenvalue weighted by molar-refractivity contribution is 6.11. The van der Waals surface area contributed by atoms with Crippen LogP contribution in [-0.2, 0) is 0 Å². The van der Waals surface area contributed by atoms with Gasteiger partial charge in [0.25, 0.3) is 5.91 Å². The van der Waals surface area contributed by atoms with Crippen LogP contribution in [0.2, 0.25) is 0 Å². The SMILES string of the molecule is Cc1cccc2ccnc(N(C(=O)c3ccc(C#N)c(-c4ccc(-c5cccnc5)cc4)c3)[C@@H]3CCCNC3)c12. The maximum Gasteiger partial charge on any atom is 0.259 e. The summed E-state index contributed by atoms with van der Waals surface area (Å²) in [6, 6.07) is 27.7. The summed E-state index contributed by atoms with van der Waals surface area (Å²) in [7, 11) is 0. The van der Waals surface area contributed by atoms with E-state index in [-0.39, 0.29) is 11.9 Å². The number of nitriles is 1. The molecular formula is C34H29N5O. The number of aromatic nitrogens is 2. The molecule has 6 heteroatoms. The lowest BCUT2D eigenvalue weighted by molar-refractivity contribution is 0.0972. The Morgan fingerprint density at radius 2 is 1.82 bits per heavy atom. The Labute approximate surface area is 234 Å². The number of carbonyl (C=O) groups excluding carboxylic acids is 1. The third kappa shape index (κ3) is 4.84. The molecule has 1 aliphatic heterocycles. The standard InChI is InChI=1S/C34H29N5O/c1-23-5-2-6-26-15-18-38-33(32(23)26)39(30-8-4-17-37-22-30)34(40)27-13-14-28(20-35)31(19-27)25-11-9-24(10-12-25)29-7-3-16-36-21-29/h2-3,5-7,9-16,18-19,21,30,37H,4,8,17,22H2,1H3/t30-/m1/s1. The molecule has 1 atom stereocenters. The van der Waals surface area contributed by atoms with Crippen molar-refractivity contribution >= 4 is 22.5 Å². The number of hydrogen-bond donors (Lipinski definition) is 1. The van der Waals surface area contributed by atoms with E-state index >= 15 is 0 Å². The number of piperidine rings is 1. The lowest BCUT2D eigenvalue weighted by atomic mass is 9.95. The Balaban J connectivity index is 1.43. The van der Waals surface area contributed by atoms with Crippen molar-refractivity contribution in [3.63, 3.8) is 0 Å². The van der Waals surface area contributed by atoms with Gasteiger partial charge in [-0.2, -0.15) is 5.26 Å². The van der Waals surface area contributed by atoms with Gasteiger partial charge in [-0.05, 0) is 84.3 Å². The van der Waals surface area contributed by atoms with Crippen molar-refractivity contribution in [1.29, 1.82) is 5.26 Å². The molecule has 5 aromatic rings. The summed E-state index contributed by atoms with van der Waals surface area (Å²) >= 11 is 0. The van der Waals surface area contributed by atoms with Gasteiger partial charge in [-0.15, -0.1) is 0 Å². The Bertz CT molecular complexity index is 1710. The fourth-order valence-corrected chi connectivity index (χ4v) is 5.59. The number of rotatable bonds is 5. The largest absolute Gasteiger partial charge is 0.315 e. The van der Waals surface area contributed by atoms with Crippen LogP contribution >= 0.6 is 0 Å². The zero-order valence-corrected chi connectivity index (χ0v) is 22.3. The first-order valence-electron chi connectivity index (χ1n) is 13.6. The highest BCUT2D eigenvalue weighted by Gasteiger charge is 2.30. The van der Waals surface area contributed by atoms with E-state index in [0.29, 0.717) is 23.5 Å². The van der Waals surface area contributed by atoms with Crippen LogP contribution < -0.4 is 10.2 Å². The lowest BCUT2D eigenvalue weighted by Crippen LogP contribution is -2.49. The first-order chi connectivity index (χ1) is 19.6. The van der Waals surface area contributed by atoms with Crippen LogP contribution in [0.5, 0.6) is 0 Å². The summed E-state index contributed by atoms with van der Waals surface area (Å²) in [6.45, 7) is 3.70. The van der Waals surface area contributed by atoms with Crippen molar-refractivity contribution < 1.29 is 4.79 Å². The van der Waals surface area contributed by atoms with Crippen molar-refractivity contribution in [1.82, 2.24) is 15.3 Å². The molecule has 1 fully saturated rings. The molecule has 0 bridgehead atoms. The fourth-order valence-electron chi connectivity index (χ4n) is 5.59. The minimum absolute atomic E-state index is 0.0307. The molecule has 0 spiro atoms. The van der Waals surface area contributed by atoms with E-state index in [9.17, 15) is 10.1 Å². The molecule has 1 amide bonds. The minimum Gasteiger partial charge on any atom is -0.315 e. The first-order valence-corrected chi connectivity index (χ1v) is 13.6. The number of anilines is 1. The Morgan fingerprint density at radius 3 is 2.58 bits per heavy atom. The molecule has 6 rings (SSSR count). The molecule has 0 aliphatic carbocycles. The average molecular weight is 524 g/mol. The third-order valence-corrected chi connectivity index (χ3v) is 7.64. The van der Waals surface area contributed by atoms with Gasteiger partial charge >= 0.3 is 0 Å². The van der Waals surface area contributed by atoms with Gasteiger partial charge in [-0.3, -0.25) is 14.7 Å². The maximum absolute atomic E-state index is 14.4. The van der Waals surface area contributed by atoms with E-state index in [1.165, 1.54) is 0 Å². The van der Waals surface area contributed by atoms with E-state index < -0.39 is 0 Å². The Hall–Kier alpha value is -4.86. The van der Waals surface area contributed by atoms with Gasteiger partial charge in [-0.1, -0.05) is 48.5 Å². The second-order valence-electron chi connectivity index (χ2n) is 10.2. The molecule has 0 radical (unpaired) electrons. The minimum atomic E-state index is -0.116. The fraction of sp³-hybridized carbons (Fsp3) is 0.176. The summed E-state index contributed by atoms with van der Waals surface area (Å²) in [5.41, 5.74) is 5.80. The highest BCUT2D eigenvalue weighted by Crippen LogP contribution is 2.33. The van der Waals surface area contributed by atoms with Gasteiger partial charge in [0, 0.05) is 41.6 Å². The molecule has 1 saturated heterocycles. The predicted octanol–water partition coefficient (Wildman–Crippen LogP) is 6.54. The molecule has 0 saturated carbocycles. The molecule has 3 aromatic carbocycles. The molecule has 1 aliphatic rings. The molecule has 40 heavy (non-hydrogen) atoms. The number of benzene rings is 3. The van der Waals surface area contributed by atoms with E-state index in [1.807, 2.05) is 65.7 Å². The second-order valence-corrected chi connectivity index (χ2v) is 10.2. The number of amides is 1. The quantitative estimate of drug-likeness (QED) is 0.283. The smallest absolute Gasteiger partial charge is 0.259 e. The van der Waals surface area contributed by atoms with Crippen molar-refractivity contribution in [2.75, 3.05) is 18.0 Å². The van der Waals surface area contributed by atoms with Crippen molar-refractivity contribution in [3.05, 3.63) is 114 Å². The number of nitrogens with one attached hydrogen (secondary N) is 1. The van der Waals surface area contributed by atoms with Crippen LogP contribution in [-0.4, -0.2) is 35.0 Å². The second kappa shape index (κ2) is 11.1. The summed E-state index contributed by atoms with van der Waals surface area (Å²) in [4.78, 5) is 25.2. The number of aryl methyl sites for hydroxylation is 1. The van der Waals surface area contributed by atoms with Crippen LogP contribution in [0, 0.1) is 18.3 Å². The van der Waals surface area contributed by atoms with Crippen LogP contribution in [0.25, 0.3) is 33.0 Å². The Kier molecular flexibility index (Phi) is 7.05. The van der Waals surface area contributed by atoms with Crippen molar-refractivity contribution in [3.8, 4) is 28.3 Å². The van der Waals surface area contributed by atoms with Crippen LogP contribution in [0.1, 0.15) is 34.3 Å². The summed E-state index contributed by atoms with van der Waals surface area (Å²) in [6.07, 6.45) is 7.23. The molecular weight excluding hydrogens is 494 g/mol. The number of carbonyl (C=O) groups is 1. The lowest BCUT2D eigenvalue weighted by Gasteiger charge is -2.35. The van der Waals surface area contributed by atoms with Crippen LogP contribution in [0.15, 0.2) is 97.5 Å². The monoisotopic (exact) mass is 523 g/mol. The van der Waals surface area contributed by atoms with Gasteiger partial charge in [0.15, 0.2) is 0 Å². The van der Waals surface area contributed by atoms with Crippen molar-refractivity contribution in [2.45, 2.75) is 25.8 Å². The molecule has 1 N–H and O–H groups in total. The molecule has 0 unspecified atom stereocenters. The summed E-state index contributed by atoms with van der Waals surface area (Å²) in [5.74, 6) is 0.565. The van der Waals surface area contributed by atoms with Crippen LogP contribution in [0.3, 0.4) is 0 Å². The van der Waals surface area contributed by atoms with E-state index in [4.69, 9.17) is 4.98 Å². The van der Waals surface area contributed by atoms with Crippen LogP contribution in [0.4, 0.5) is 5.82 Å². The van der Waals surface area contributed by atoms with Gasteiger partial charge in [-0.25, -0.2) is 4.98 Å². The normalized spacial score (nSPS) is 14.9. The molecule has 6 nitrogen and oxygen atoms in total. The average Bonchev–Trinajstić information content (AvgIpc) is 3.02. The number of pyridine rings is 2. The first kappa shape index (κ1) is 25.4. The van der Waals surface area contributed by atoms with Gasteiger partial charge in [0.1, 0.15) is 5.82 Å². The zero-order chi connectivity index (χ0) is 27.5. The number of nitrogens with zero attached hydrogens (tertiary/aromatic N) is 4. The summed E-state index contributed by atoms with van der Waals surface area (Å²) in [5, 5.41) is 15.4. The predicted molar refractivity (Wildman–Crippen MR) is 159 cm³/mol. The number of hydrogen-bond acceptors (Lipinski definition) is 5. The van der Waals surface area contributed by atoms with Gasteiger partial charge in [0.2, 0.25) is 0 Å².